The number of carbonyl (C=O) groups is 2. The molecule has 3 aromatic rings. The number of carbonyl (C=O) groups excluding carboxylic acids is 2. The fourth-order valence-electron chi connectivity index (χ4n) is 6.70. The van der Waals surface area contributed by atoms with Crippen LogP contribution in [0.5, 0.6) is 0 Å². The van der Waals surface area contributed by atoms with Crippen molar-refractivity contribution in [3.05, 3.63) is 90.0 Å². The van der Waals surface area contributed by atoms with E-state index in [1.54, 1.807) is 6.33 Å². The standard InChI is InChI=1S/C34H45N5O2/c1-2-20-39-32(40)31(29(30-25-35-26-36-30)24-28-16-10-6-11-17-28)37-33(41)34(39)18-22-38(23-19-34)21-12-4-3-7-13-27-14-8-5-9-15-27/h5-6,8-11,14-17,25-26,29,31H,2-4,7,12-13,18-24H2,1H3,(H,35,36)(H,37,41)/t29?,31-/m0/s1. The molecule has 2 saturated heterocycles. The highest BCUT2D eigenvalue weighted by Gasteiger charge is 2.54. The smallest absolute Gasteiger partial charge is 0.246 e. The Hall–Kier alpha value is -3.45. The molecule has 1 aromatic heterocycles. The van der Waals surface area contributed by atoms with E-state index in [9.17, 15) is 9.59 Å². The predicted octanol–water partition coefficient (Wildman–Crippen LogP) is 5.11. The quantitative estimate of drug-likeness (QED) is 0.287. The molecule has 7 heteroatoms. The van der Waals surface area contributed by atoms with Crippen molar-refractivity contribution in [1.29, 1.82) is 0 Å². The van der Waals surface area contributed by atoms with Crippen molar-refractivity contribution in [1.82, 2.24) is 25.1 Å². The molecule has 218 valence electrons. The maximum Gasteiger partial charge on any atom is 0.246 e. The van der Waals surface area contributed by atoms with Crippen LogP contribution in [-0.2, 0) is 22.4 Å². The van der Waals surface area contributed by atoms with Crippen LogP contribution in [-0.4, -0.2) is 69.3 Å². The summed E-state index contributed by atoms with van der Waals surface area (Å²) in [5.74, 6) is -0.203. The molecule has 2 fully saturated rings. The van der Waals surface area contributed by atoms with Gasteiger partial charge in [0.2, 0.25) is 11.8 Å². The first-order chi connectivity index (χ1) is 20.1. The van der Waals surface area contributed by atoms with Crippen molar-refractivity contribution < 1.29 is 9.59 Å². The highest BCUT2D eigenvalue weighted by molar-refractivity contribution is 6.00. The van der Waals surface area contributed by atoms with Crippen LogP contribution in [0.15, 0.2) is 73.2 Å². The second kappa shape index (κ2) is 13.9. The van der Waals surface area contributed by atoms with Gasteiger partial charge in [-0.15, -0.1) is 0 Å². The zero-order valence-corrected chi connectivity index (χ0v) is 24.4. The van der Waals surface area contributed by atoms with Gasteiger partial charge in [-0.25, -0.2) is 4.98 Å². The first-order valence-corrected chi connectivity index (χ1v) is 15.5. The first-order valence-electron chi connectivity index (χ1n) is 15.5. The zero-order chi connectivity index (χ0) is 28.5. The number of nitrogens with one attached hydrogen (secondary N) is 2. The van der Waals surface area contributed by atoms with Crippen LogP contribution in [0.25, 0.3) is 0 Å². The van der Waals surface area contributed by atoms with E-state index in [0.29, 0.717) is 25.8 Å². The van der Waals surface area contributed by atoms with Crippen LogP contribution in [0.4, 0.5) is 0 Å². The molecular formula is C34H45N5O2. The molecule has 2 atom stereocenters. The summed E-state index contributed by atoms with van der Waals surface area (Å²) in [6.07, 6.45) is 12.4. The predicted molar refractivity (Wildman–Crippen MR) is 162 cm³/mol. The van der Waals surface area contributed by atoms with E-state index in [1.807, 2.05) is 29.3 Å². The number of unbranched alkanes of at least 4 members (excludes halogenated alkanes) is 3. The van der Waals surface area contributed by atoms with E-state index in [4.69, 9.17) is 0 Å². The third-order valence-corrected chi connectivity index (χ3v) is 9.02. The molecule has 1 spiro atoms. The number of aryl methyl sites for hydroxylation is 1. The number of aromatic amines is 1. The van der Waals surface area contributed by atoms with Gasteiger partial charge >= 0.3 is 0 Å². The average molecular weight is 556 g/mol. The number of hydrogen-bond donors (Lipinski definition) is 2. The summed E-state index contributed by atoms with van der Waals surface area (Å²) in [5, 5.41) is 3.22. The molecule has 3 heterocycles. The number of imidazole rings is 1. The molecule has 1 unspecified atom stereocenters. The van der Waals surface area contributed by atoms with Gasteiger partial charge in [0.1, 0.15) is 11.6 Å². The Bertz CT molecular complexity index is 1220. The van der Waals surface area contributed by atoms with Gasteiger partial charge in [0.15, 0.2) is 0 Å². The number of likely N-dealkylation sites (tertiary alicyclic amines) is 1. The maximum atomic E-state index is 14.2. The molecule has 2 aliphatic rings. The van der Waals surface area contributed by atoms with E-state index in [1.165, 1.54) is 31.2 Å². The minimum absolute atomic E-state index is 0.00436. The van der Waals surface area contributed by atoms with Crippen LogP contribution in [0, 0.1) is 0 Å². The molecule has 7 nitrogen and oxygen atoms in total. The Balaban J connectivity index is 1.18. The minimum Gasteiger partial charge on any atom is -0.351 e. The van der Waals surface area contributed by atoms with Gasteiger partial charge in [-0.1, -0.05) is 80.4 Å². The van der Waals surface area contributed by atoms with E-state index in [2.05, 4.69) is 69.6 Å². The van der Waals surface area contributed by atoms with Crippen LogP contribution in [0.1, 0.15) is 74.6 Å². The lowest BCUT2D eigenvalue weighted by Crippen LogP contribution is -2.73. The maximum absolute atomic E-state index is 14.2. The molecule has 0 bridgehead atoms. The minimum atomic E-state index is -0.751. The van der Waals surface area contributed by atoms with Gasteiger partial charge in [0.05, 0.1) is 12.0 Å². The number of rotatable bonds is 13. The van der Waals surface area contributed by atoms with Crippen molar-refractivity contribution in [3.63, 3.8) is 0 Å². The Morgan fingerprint density at radius 2 is 1.59 bits per heavy atom. The van der Waals surface area contributed by atoms with Gasteiger partial charge in [-0.3, -0.25) is 9.59 Å². The fraction of sp³-hybridized carbons (Fsp3) is 0.500. The van der Waals surface area contributed by atoms with E-state index in [-0.39, 0.29) is 17.7 Å². The normalized spacial score (nSPS) is 19.8. The van der Waals surface area contributed by atoms with Crippen molar-refractivity contribution >= 4 is 11.8 Å². The van der Waals surface area contributed by atoms with Crippen LogP contribution in [0.3, 0.4) is 0 Å². The SMILES string of the molecule is CCCN1C(=O)[C@H](C(Cc2ccccc2)c2c[nH]cn2)NC(=O)C12CCN(CCCCCCc1ccccc1)CC2. The molecule has 41 heavy (non-hydrogen) atoms. The number of piperidine rings is 1. The number of amides is 2. The molecular weight excluding hydrogens is 510 g/mol. The second-order valence-electron chi connectivity index (χ2n) is 11.8. The number of H-pyrrole nitrogens is 1. The van der Waals surface area contributed by atoms with Gasteiger partial charge < -0.3 is 20.1 Å². The van der Waals surface area contributed by atoms with Crippen molar-refractivity contribution in [3.8, 4) is 0 Å². The summed E-state index contributed by atoms with van der Waals surface area (Å²) < 4.78 is 0. The molecule has 0 radical (unpaired) electrons. The fourth-order valence-corrected chi connectivity index (χ4v) is 6.70. The van der Waals surface area contributed by atoms with Crippen LogP contribution >= 0.6 is 0 Å². The van der Waals surface area contributed by atoms with Crippen LogP contribution < -0.4 is 5.32 Å². The summed E-state index contributed by atoms with van der Waals surface area (Å²) in [6, 6.07) is 20.2. The molecule has 5 rings (SSSR count). The Morgan fingerprint density at radius 3 is 2.24 bits per heavy atom. The van der Waals surface area contributed by atoms with Crippen molar-refractivity contribution in [2.24, 2.45) is 0 Å². The Morgan fingerprint density at radius 1 is 0.902 bits per heavy atom. The summed E-state index contributed by atoms with van der Waals surface area (Å²) >= 11 is 0. The van der Waals surface area contributed by atoms with Gasteiger partial charge in [-0.2, -0.15) is 0 Å². The third kappa shape index (κ3) is 6.89. The van der Waals surface area contributed by atoms with E-state index >= 15 is 0 Å². The third-order valence-electron chi connectivity index (χ3n) is 9.02. The van der Waals surface area contributed by atoms with Gasteiger partial charge in [-0.05, 0) is 62.6 Å². The molecule has 2 N–H and O–H groups in total. The number of aromatic nitrogens is 2. The Labute approximate surface area is 244 Å². The lowest BCUT2D eigenvalue weighted by molar-refractivity contribution is -0.162. The summed E-state index contributed by atoms with van der Waals surface area (Å²) in [6.45, 7) is 5.45. The Kier molecular flexibility index (Phi) is 9.88. The molecule has 2 amide bonds. The van der Waals surface area contributed by atoms with Crippen LogP contribution in [0.2, 0.25) is 0 Å². The second-order valence-corrected chi connectivity index (χ2v) is 11.8. The highest BCUT2D eigenvalue weighted by Crippen LogP contribution is 2.36. The van der Waals surface area contributed by atoms with Crippen molar-refractivity contribution in [2.75, 3.05) is 26.2 Å². The topological polar surface area (TPSA) is 81.3 Å². The monoisotopic (exact) mass is 555 g/mol. The number of hydrogen-bond acceptors (Lipinski definition) is 4. The summed E-state index contributed by atoms with van der Waals surface area (Å²) in [4.78, 5) is 40.1. The number of nitrogens with zero attached hydrogens (tertiary/aromatic N) is 3. The van der Waals surface area contributed by atoms with Gasteiger partial charge in [0.25, 0.3) is 0 Å². The number of benzene rings is 2. The lowest BCUT2D eigenvalue weighted by atomic mass is 9.78. The lowest BCUT2D eigenvalue weighted by Gasteiger charge is -2.52. The largest absolute Gasteiger partial charge is 0.351 e. The molecule has 0 saturated carbocycles. The van der Waals surface area contributed by atoms with E-state index in [0.717, 1.165) is 43.7 Å². The van der Waals surface area contributed by atoms with E-state index < -0.39 is 11.6 Å². The summed E-state index contributed by atoms with van der Waals surface area (Å²) in [5.41, 5.74) is 2.60. The zero-order valence-electron chi connectivity index (χ0n) is 24.4. The van der Waals surface area contributed by atoms with Crippen molar-refractivity contribution in [2.45, 2.75) is 82.2 Å². The molecule has 0 aliphatic carbocycles. The molecule has 2 aliphatic heterocycles. The number of piperazine rings is 1. The highest BCUT2D eigenvalue weighted by atomic mass is 16.2. The summed E-state index contributed by atoms with van der Waals surface area (Å²) in [7, 11) is 0. The average Bonchev–Trinajstić information content (AvgIpc) is 3.55. The van der Waals surface area contributed by atoms with Gasteiger partial charge in [0, 0.05) is 31.7 Å². The first kappa shape index (κ1) is 29.1. The molecule has 2 aromatic carbocycles.